The summed E-state index contributed by atoms with van der Waals surface area (Å²) in [6, 6.07) is 22.4. The van der Waals surface area contributed by atoms with Crippen molar-refractivity contribution in [3.05, 3.63) is 88.2 Å². The Labute approximate surface area is 144 Å². The molecule has 3 rings (SSSR count). The lowest BCUT2D eigenvalue weighted by Gasteiger charge is -2.04. The number of nitrogens with zero attached hydrogens (tertiary/aromatic N) is 2. The van der Waals surface area contributed by atoms with E-state index in [2.05, 4.69) is 57.9 Å². The lowest BCUT2D eigenvalue weighted by atomic mass is 10.1. The van der Waals surface area contributed by atoms with Crippen LogP contribution in [0.4, 0.5) is 0 Å². The van der Waals surface area contributed by atoms with Crippen molar-refractivity contribution in [2.45, 2.75) is 6.92 Å². The molecule has 0 fully saturated rings. The molecule has 23 heavy (non-hydrogen) atoms. The average molecular weight is 363 g/mol. The first-order valence-corrected chi connectivity index (χ1v) is 8.09. The molecule has 0 aliphatic heterocycles. The number of aryl methyl sites for hydroxylation is 1. The fourth-order valence-electron chi connectivity index (χ4n) is 2.55. The van der Waals surface area contributed by atoms with E-state index in [4.69, 9.17) is 0 Å². The minimum atomic E-state index is 0.650. The van der Waals surface area contributed by atoms with Crippen molar-refractivity contribution >= 4 is 27.6 Å². The zero-order valence-corrected chi connectivity index (χ0v) is 14.3. The van der Waals surface area contributed by atoms with Gasteiger partial charge in [-0.15, -0.1) is 0 Å². The summed E-state index contributed by atoms with van der Waals surface area (Å²) in [6.45, 7) is 2.06. The second-order valence-corrected chi connectivity index (χ2v) is 6.22. The van der Waals surface area contributed by atoms with Gasteiger partial charge in [-0.05, 0) is 54.5 Å². The Bertz CT molecular complexity index is 899. The maximum absolute atomic E-state index is 9.48. The van der Waals surface area contributed by atoms with Crippen LogP contribution >= 0.6 is 15.9 Å². The van der Waals surface area contributed by atoms with E-state index in [0.29, 0.717) is 5.57 Å². The van der Waals surface area contributed by atoms with Crippen molar-refractivity contribution in [2.24, 2.45) is 0 Å². The number of para-hydroxylation sites is 1. The fraction of sp³-hybridized carbons (Fsp3) is 0.0500. The lowest BCUT2D eigenvalue weighted by molar-refractivity contribution is 1.02. The molecule has 0 spiro atoms. The summed E-state index contributed by atoms with van der Waals surface area (Å²) < 4.78 is 3.09. The summed E-state index contributed by atoms with van der Waals surface area (Å²) in [5.74, 6) is 0. The van der Waals surface area contributed by atoms with Crippen molar-refractivity contribution in [2.75, 3.05) is 0 Å². The molecule has 0 saturated carbocycles. The lowest BCUT2D eigenvalue weighted by Crippen LogP contribution is -1.92. The molecule has 1 aromatic heterocycles. The van der Waals surface area contributed by atoms with Crippen LogP contribution in [0.15, 0.2) is 71.3 Å². The summed E-state index contributed by atoms with van der Waals surface area (Å²) in [4.78, 5) is 0. The fourth-order valence-corrected chi connectivity index (χ4v) is 2.95. The van der Waals surface area contributed by atoms with Crippen LogP contribution in [-0.4, -0.2) is 4.57 Å². The summed E-state index contributed by atoms with van der Waals surface area (Å²) in [5.41, 5.74) is 4.82. The van der Waals surface area contributed by atoms with Gasteiger partial charge in [0.15, 0.2) is 0 Å². The van der Waals surface area contributed by atoms with E-state index >= 15 is 0 Å². The van der Waals surface area contributed by atoms with Crippen LogP contribution in [0.2, 0.25) is 0 Å². The summed E-state index contributed by atoms with van der Waals surface area (Å²) in [5, 5.41) is 9.48. The molecule has 0 atom stereocenters. The van der Waals surface area contributed by atoms with Crippen LogP contribution in [0.1, 0.15) is 16.8 Å². The number of hydrogen-bond acceptors (Lipinski definition) is 1. The van der Waals surface area contributed by atoms with Crippen LogP contribution in [0, 0.1) is 18.3 Å². The molecule has 2 aromatic carbocycles. The molecule has 0 unspecified atom stereocenters. The molecule has 0 radical (unpaired) electrons. The van der Waals surface area contributed by atoms with Gasteiger partial charge >= 0.3 is 0 Å². The Morgan fingerprint density at radius 3 is 2.57 bits per heavy atom. The first-order chi connectivity index (χ1) is 11.2. The molecule has 0 aliphatic carbocycles. The van der Waals surface area contributed by atoms with Crippen LogP contribution in [0.3, 0.4) is 0 Å². The van der Waals surface area contributed by atoms with Crippen molar-refractivity contribution in [3.63, 3.8) is 0 Å². The summed E-state index contributed by atoms with van der Waals surface area (Å²) >= 11 is 3.45. The predicted molar refractivity (Wildman–Crippen MR) is 98.1 cm³/mol. The molecular formula is C20H15BrN2. The van der Waals surface area contributed by atoms with Crippen molar-refractivity contribution in [1.29, 1.82) is 5.26 Å². The van der Waals surface area contributed by atoms with Crippen molar-refractivity contribution in [1.82, 2.24) is 4.57 Å². The molecule has 0 bridgehead atoms. The SMILES string of the molecule is Cc1cc(/C=C(\C#N)c2cccc(Br)c2)cn1-c1ccccc1. The second kappa shape index (κ2) is 6.68. The second-order valence-electron chi connectivity index (χ2n) is 5.30. The molecular weight excluding hydrogens is 348 g/mol. The predicted octanol–water partition coefficient (Wildman–Crippen LogP) is 5.61. The molecule has 0 amide bonds. The molecule has 0 aliphatic rings. The third kappa shape index (κ3) is 3.44. The van der Waals surface area contributed by atoms with E-state index < -0.39 is 0 Å². The molecule has 112 valence electrons. The van der Waals surface area contributed by atoms with Crippen molar-refractivity contribution < 1.29 is 0 Å². The Morgan fingerprint density at radius 1 is 1.09 bits per heavy atom. The van der Waals surface area contributed by atoms with Gasteiger partial charge in [-0.25, -0.2) is 0 Å². The van der Waals surface area contributed by atoms with E-state index in [-0.39, 0.29) is 0 Å². The first-order valence-electron chi connectivity index (χ1n) is 7.29. The van der Waals surface area contributed by atoms with Crippen LogP contribution < -0.4 is 0 Å². The minimum Gasteiger partial charge on any atom is -0.321 e. The molecule has 0 N–H and O–H groups in total. The number of aromatic nitrogens is 1. The van der Waals surface area contributed by atoms with Gasteiger partial charge in [-0.1, -0.05) is 46.3 Å². The summed E-state index contributed by atoms with van der Waals surface area (Å²) in [6.07, 6.45) is 3.98. The van der Waals surface area contributed by atoms with Crippen LogP contribution in [0.25, 0.3) is 17.3 Å². The molecule has 3 aromatic rings. The van der Waals surface area contributed by atoms with Gasteiger partial charge in [-0.2, -0.15) is 5.26 Å². The third-order valence-electron chi connectivity index (χ3n) is 3.64. The highest BCUT2D eigenvalue weighted by Crippen LogP contribution is 2.23. The molecule has 1 heterocycles. The average Bonchev–Trinajstić information content (AvgIpc) is 2.94. The highest BCUT2D eigenvalue weighted by atomic mass is 79.9. The highest BCUT2D eigenvalue weighted by Gasteiger charge is 2.06. The van der Waals surface area contributed by atoms with Gasteiger partial charge in [0.1, 0.15) is 0 Å². The number of rotatable bonds is 3. The highest BCUT2D eigenvalue weighted by molar-refractivity contribution is 9.10. The largest absolute Gasteiger partial charge is 0.321 e. The van der Waals surface area contributed by atoms with E-state index in [1.165, 1.54) is 0 Å². The molecule has 2 nitrogen and oxygen atoms in total. The topological polar surface area (TPSA) is 28.7 Å². The number of benzene rings is 2. The zero-order chi connectivity index (χ0) is 16.2. The van der Waals surface area contributed by atoms with Crippen LogP contribution in [-0.2, 0) is 0 Å². The van der Waals surface area contributed by atoms with Gasteiger partial charge in [0, 0.05) is 22.1 Å². The maximum Gasteiger partial charge on any atom is 0.0998 e. The van der Waals surface area contributed by atoms with Gasteiger partial charge in [0.05, 0.1) is 11.6 Å². The normalized spacial score (nSPS) is 11.3. The van der Waals surface area contributed by atoms with Gasteiger partial charge in [0.2, 0.25) is 0 Å². The summed E-state index contributed by atoms with van der Waals surface area (Å²) in [7, 11) is 0. The van der Waals surface area contributed by atoms with Gasteiger partial charge < -0.3 is 4.57 Å². The monoisotopic (exact) mass is 362 g/mol. The Hall–Kier alpha value is -2.57. The molecule has 0 saturated heterocycles. The number of hydrogen-bond donors (Lipinski definition) is 0. The zero-order valence-electron chi connectivity index (χ0n) is 12.7. The smallest absolute Gasteiger partial charge is 0.0998 e. The van der Waals surface area contributed by atoms with Crippen LogP contribution in [0.5, 0.6) is 0 Å². The van der Waals surface area contributed by atoms with Gasteiger partial charge in [0.25, 0.3) is 0 Å². The van der Waals surface area contributed by atoms with Gasteiger partial charge in [-0.3, -0.25) is 0 Å². The van der Waals surface area contributed by atoms with E-state index in [0.717, 1.165) is 27.0 Å². The number of halogens is 1. The quantitative estimate of drug-likeness (QED) is 0.556. The Kier molecular flexibility index (Phi) is 4.45. The Balaban J connectivity index is 2.01. The maximum atomic E-state index is 9.48. The van der Waals surface area contributed by atoms with E-state index in [1.807, 2.05) is 48.5 Å². The third-order valence-corrected chi connectivity index (χ3v) is 4.13. The standard InChI is InChI=1S/C20H15BrN2/c1-15-10-16(14-23(15)20-8-3-2-4-9-20)11-18(13-22)17-6-5-7-19(21)12-17/h2-12,14H,1H3/b18-11+. The Morgan fingerprint density at radius 2 is 1.87 bits per heavy atom. The van der Waals surface area contributed by atoms with E-state index in [1.54, 1.807) is 0 Å². The number of nitriles is 1. The molecule has 3 heteroatoms. The van der Waals surface area contributed by atoms with Crippen molar-refractivity contribution in [3.8, 4) is 11.8 Å². The van der Waals surface area contributed by atoms with E-state index in [9.17, 15) is 5.26 Å². The number of allylic oxidation sites excluding steroid dienone is 1. The minimum absolute atomic E-state index is 0.650. The first kappa shape index (κ1) is 15.3.